The molecule has 39 heteroatoms. The maximum atomic E-state index is 14.2. The van der Waals surface area contributed by atoms with E-state index >= 15 is 0 Å². The number of carboxylic acids is 1. The number of carbonyl (C=O) groups excluding carboxylic acids is 14. The van der Waals surface area contributed by atoms with E-state index in [0.29, 0.717) is 11.1 Å². The van der Waals surface area contributed by atoms with Crippen LogP contribution in [0.1, 0.15) is 83.8 Å². The third-order valence-electron chi connectivity index (χ3n) is 15.1. The van der Waals surface area contributed by atoms with Crippen LogP contribution in [0, 0.1) is 11.3 Å². The van der Waals surface area contributed by atoms with Gasteiger partial charge in [-0.2, -0.15) is 24.4 Å². The van der Waals surface area contributed by atoms with Crippen molar-refractivity contribution in [2.75, 3.05) is 44.9 Å². The van der Waals surface area contributed by atoms with Crippen LogP contribution in [-0.2, 0) is 84.8 Å². The van der Waals surface area contributed by atoms with Crippen molar-refractivity contribution in [3.8, 4) is 11.5 Å². The largest absolute Gasteiger partial charge is 0.508 e. The fraction of sp³-hybridized carbons (Fsp3) is 0.541. The van der Waals surface area contributed by atoms with Crippen molar-refractivity contribution >= 4 is 119 Å². The minimum Gasteiger partial charge on any atom is -0.508 e. The molecule has 0 aliphatic carbocycles. The average molecular weight is 1450 g/mol. The molecule has 37 nitrogen and oxygen atoms in total. The second kappa shape index (κ2) is 42.1. The first-order valence-corrected chi connectivity index (χ1v) is 33.4. The number of hydrogen-bond donors (Lipinski definition) is 22. The minimum absolute atomic E-state index is 0.00384. The molecular formula is C61H91N17O20S2. The van der Waals surface area contributed by atoms with Crippen LogP contribution >= 0.6 is 24.4 Å². The average Bonchev–Trinajstić information content (AvgIpc) is 1.53. The van der Waals surface area contributed by atoms with Gasteiger partial charge in [0.05, 0.1) is 26.2 Å². The number of aromatic hydroxyl groups is 2. The summed E-state index contributed by atoms with van der Waals surface area (Å²) in [5.41, 5.74) is 17.1. The number of phenolic OH excluding ortho intramolecular Hbond substituents is 2. The summed E-state index contributed by atoms with van der Waals surface area (Å²) in [7, 11) is 0. The molecule has 100 heavy (non-hydrogen) atoms. The van der Waals surface area contributed by atoms with Crippen LogP contribution in [0.25, 0.3) is 0 Å². The molecule has 0 spiro atoms. The van der Waals surface area contributed by atoms with Crippen molar-refractivity contribution < 1.29 is 97.5 Å². The maximum absolute atomic E-state index is 14.2. The van der Waals surface area contributed by atoms with Crippen molar-refractivity contribution in [2.45, 2.75) is 157 Å². The number of guanidine groups is 1. The van der Waals surface area contributed by atoms with E-state index in [0.717, 1.165) is 16.7 Å². The van der Waals surface area contributed by atoms with E-state index in [2.05, 4.69) is 76.4 Å². The molecule has 1 aliphatic rings. The number of nitrogens with one attached hydrogen (secondary N) is 13. The zero-order chi connectivity index (χ0) is 75.1. The normalized spacial score (nSPS) is 15.8. The molecule has 24 N–H and O–H groups in total. The van der Waals surface area contributed by atoms with E-state index in [1.807, 2.05) is 13.8 Å². The van der Waals surface area contributed by atoms with Gasteiger partial charge in [0.1, 0.15) is 83.2 Å². The van der Waals surface area contributed by atoms with Gasteiger partial charge in [0.25, 0.3) is 0 Å². The summed E-state index contributed by atoms with van der Waals surface area (Å²) in [6.45, 7) is 3.06. The molecule has 1 heterocycles. The number of aliphatic hydroxyl groups is 2. The number of aliphatic carboxylic acids is 1. The van der Waals surface area contributed by atoms with Gasteiger partial charge in [0.2, 0.25) is 82.7 Å². The molecule has 1 aliphatic heterocycles. The van der Waals surface area contributed by atoms with Crippen LogP contribution in [-0.4, -0.2) is 242 Å². The van der Waals surface area contributed by atoms with E-state index in [-0.39, 0.29) is 87.6 Å². The summed E-state index contributed by atoms with van der Waals surface area (Å²) in [5, 5.41) is 83.8. The number of thiol groups is 1. The highest BCUT2D eigenvalue weighted by Crippen LogP contribution is 2.20. The molecule has 14 amide bonds. The lowest BCUT2D eigenvalue weighted by molar-refractivity contribution is -0.144. The fourth-order valence-electron chi connectivity index (χ4n) is 9.95. The Kier molecular flexibility index (Phi) is 35.4. The lowest BCUT2D eigenvalue weighted by Crippen LogP contribution is -2.63. The molecule has 552 valence electrons. The molecule has 12 atom stereocenters. The Labute approximate surface area is 584 Å². The monoisotopic (exact) mass is 1450 g/mol. The van der Waals surface area contributed by atoms with Gasteiger partial charge in [-0.3, -0.25) is 77.3 Å². The number of primary amides is 2. The molecular weight excluding hydrogens is 1350 g/mol. The number of aliphatic hydroxyl groups excluding tert-OH is 2. The van der Waals surface area contributed by atoms with Gasteiger partial charge in [-0.15, -0.1) is 0 Å². The number of nitrogens with zero attached hydrogens (tertiary/aromatic N) is 1. The van der Waals surface area contributed by atoms with Crippen molar-refractivity contribution in [1.29, 1.82) is 5.41 Å². The first-order valence-electron chi connectivity index (χ1n) is 31.5. The van der Waals surface area contributed by atoms with Gasteiger partial charge < -0.3 is 111 Å². The van der Waals surface area contributed by atoms with Crippen LogP contribution in [0.2, 0.25) is 0 Å². The van der Waals surface area contributed by atoms with E-state index in [9.17, 15) is 97.5 Å². The number of phenols is 2. The summed E-state index contributed by atoms with van der Waals surface area (Å²) >= 11 is 5.17. The summed E-state index contributed by atoms with van der Waals surface area (Å²) < 4.78 is 0. The number of thioether (sulfide) groups is 1. The number of benzene rings is 2. The van der Waals surface area contributed by atoms with Gasteiger partial charge in [0, 0.05) is 32.9 Å². The number of rotatable bonds is 42. The number of carbonyl (C=O) groups is 15. The van der Waals surface area contributed by atoms with Crippen molar-refractivity contribution in [2.24, 2.45) is 23.1 Å². The predicted molar refractivity (Wildman–Crippen MR) is 361 cm³/mol. The molecule has 0 bridgehead atoms. The van der Waals surface area contributed by atoms with Crippen LogP contribution in [0.15, 0.2) is 48.5 Å². The standard InChI is InChI=1S/C61H91N17O20S2/c1-29(2)22-38(69-31(4)81)53(90)74-40(24-33-12-16-35(83)17-13-33)55(92)71-36(8-6-19-66-61(64)65)51(88)68-30(3)50(87)73-41(25-45(62)84)56(93)72-37(18-21-100-5)52(89)77-47(48(99)60(97)98)58(95)76-43(28-80)59(96)78-20-7-9-44(78)57(94)67-26-46(85)70-39(23-32-10-14-34(82)15-11-32)54(91)75-42(27-79)49(63)86/h10-17,29-30,36-44,47-48,79-80,82-83,99H,6-9,18-28H2,1-5H3,(H2,62,84)(H2,63,86)(H,67,94)(H,68,88)(H,69,81)(H,70,85)(H,71,92)(H,72,93)(H,73,87)(H,74,90)(H,75,91)(H,76,95)(H,77,89)(H,97,98)(H4,64,65,66)/t30-,36-,37-,38-,39-,40-,41-,42-,43-,44-,47-,48+/m0/s1. The fourth-order valence-corrected chi connectivity index (χ4v) is 10.6. The van der Waals surface area contributed by atoms with Gasteiger partial charge >= 0.3 is 5.97 Å². The van der Waals surface area contributed by atoms with Gasteiger partial charge in [0.15, 0.2) is 5.96 Å². The molecule has 0 aromatic heterocycles. The third kappa shape index (κ3) is 28.8. The molecule has 2 aromatic rings. The second-order valence-corrected chi connectivity index (χ2v) is 25.3. The Morgan fingerprint density at radius 1 is 0.600 bits per heavy atom. The van der Waals surface area contributed by atoms with Crippen LogP contribution in [0.5, 0.6) is 11.5 Å². The first kappa shape index (κ1) is 84.2. The lowest BCUT2D eigenvalue weighted by atomic mass is 10.0. The molecule has 0 saturated carbocycles. The van der Waals surface area contributed by atoms with Crippen LogP contribution in [0.4, 0.5) is 0 Å². The Hall–Kier alpha value is -10.0. The summed E-state index contributed by atoms with van der Waals surface area (Å²) in [6.07, 6.45) is 0.292. The predicted octanol–water partition coefficient (Wildman–Crippen LogP) is -7.33. The molecule has 3 rings (SSSR count). The highest BCUT2D eigenvalue weighted by atomic mass is 32.2. The third-order valence-corrected chi connectivity index (χ3v) is 16.3. The number of likely N-dealkylation sites (tertiary alicyclic amines) is 1. The Bertz CT molecular complexity index is 3240. The zero-order valence-corrected chi connectivity index (χ0v) is 57.3. The van der Waals surface area contributed by atoms with Gasteiger partial charge in [-0.05, 0) is 98.8 Å². The number of nitrogens with two attached hydrogens (primary N) is 3. The van der Waals surface area contributed by atoms with Crippen LogP contribution in [0.3, 0.4) is 0 Å². The minimum atomic E-state index is -2.20. The van der Waals surface area contributed by atoms with Crippen molar-refractivity contribution in [3.05, 3.63) is 59.7 Å². The van der Waals surface area contributed by atoms with E-state index < -0.39 is 193 Å². The molecule has 1 fully saturated rings. The SMILES string of the molecule is CSCC[C@H](NC(=O)[C@H](CC(N)=O)NC(=O)[C@H](C)NC(=O)[C@H](CCCNC(=N)N)NC(=O)[C@H](Cc1ccc(O)cc1)NC(=O)[C@H](CC(C)C)NC(C)=O)C(=O)N[C@H](C(=O)N[C@@H](CO)C(=O)N1CCC[C@H]1C(=O)NCC(=O)N[C@@H](Cc1ccc(O)cc1)C(=O)N[C@@H](CO)C(N)=O)[C@@H](S)C(=O)O. The van der Waals surface area contributed by atoms with Gasteiger partial charge in [-0.1, -0.05) is 38.1 Å². The van der Waals surface area contributed by atoms with E-state index in [1.165, 1.54) is 62.4 Å². The Balaban J connectivity index is 1.81. The summed E-state index contributed by atoms with van der Waals surface area (Å²) in [4.78, 5) is 202. The van der Waals surface area contributed by atoms with Crippen molar-refractivity contribution in [1.82, 2.24) is 68.7 Å². The quantitative estimate of drug-likeness (QED) is 0.0127. The first-order chi connectivity index (χ1) is 47.1. The van der Waals surface area contributed by atoms with E-state index in [4.69, 9.17) is 22.6 Å². The summed E-state index contributed by atoms with van der Waals surface area (Å²) in [5.74, 6) is -16.7. The number of hydrogen-bond acceptors (Lipinski definition) is 22. The molecule has 2 aromatic carbocycles. The maximum Gasteiger partial charge on any atom is 0.319 e. The zero-order valence-electron chi connectivity index (χ0n) is 55.6. The summed E-state index contributed by atoms with van der Waals surface area (Å²) in [6, 6.07) is -6.40. The van der Waals surface area contributed by atoms with Crippen molar-refractivity contribution in [3.63, 3.8) is 0 Å². The van der Waals surface area contributed by atoms with E-state index in [1.54, 1.807) is 6.26 Å². The number of carboxylic acid groups (broad SMARTS) is 1. The Morgan fingerprint density at radius 2 is 1.08 bits per heavy atom. The van der Waals surface area contributed by atoms with Gasteiger partial charge in [-0.25, -0.2) is 0 Å². The number of amides is 14. The second-order valence-electron chi connectivity index (χ2n) is 23.7. The molecule has 1 saturated heterocycles. The Morgan fingerprint density at radius 3 is 1.58 bits per heavy atom. The smallest absolute Gasteiger partial charge is 0.319 e. The highest BCUT2D eigenvalue weighted by Gasteiger charge is 2.42. The molecule has 0 radical (unpaired) electrons. The topological polar surface area (TPSA) is 607 Å². The lowest BCUT2D eigenvalue weighted by Gasteiger charge is -2.30. The molecule has 0 unspecified atom stereocenters. The van der Waals surface area contributed by atoms with Crippen LogP contribution < -0.4 is 81.0 Å². The highest BCUT2D eigenvalue weighted by molar-refractivity contribution is 7.98.